The fourth-order valence-electron chi connectivity index (χ4n) is 1.81. The zero-order valence-electron chi connectivity index (χ0n) is 13.5. The van der Waals surface area contributed by atoms with Gasteiger partial charge in [-0.25, -0.2) is 4.98 Å². The Kier molecular flexibility index (Phi) is 4.75. The Morgan fingerprint density at radius 3 is 2.67 bits per heavy atom. The number of rotatable bonds is 5. The molecule has 0 saturated carbocycles. The van der Waals surface area contributed by atoms with Gasteiger partial charge in [-0.05, 0) is 36.7 Å². The molecule has 0 radical (unpaired) electrons. The maximum absolute atomic E-state index is 6.17. The average molecular weight is 326 g/mol. The molecule has 116 valence electrons. The van der Waals surface area contributed by atoms with Crippen LogP contribution in [0.25, 0.3) is 11.0 Å². The predicted octanol–water partition coefficient (Wildman–Crippen LogP) is 4.50. The van der Waals surface area contributed by atoms with Crippen LogP contribution < -0.4 is 0 Å². The molecule has 2 aromatic heterocycles. The van der Waals surface area contributed by atoms with Gasteiger partial charge in [-0.2, -0.15) is 5.10 Å². The van der Waals surface area contributed by atoms with Gasteiger partial charge in [-0.15, -0.1) is 0 Å². The van der Waals surface area contributed by atoms with Crippen LogP contribution in [0.1, 0.15) is 27.2 Å². The molecule has 2 aromatic rings. The summed E-state index contributed by atoms with van der Waals surface area (Å²) in [5.74, 6) is 0. The first kappa shape index (κ1) is 16.5. The van der Waals surface area contributed by atoms with Gasteiger partial charge in [-0.1, -0.05) is 32.4 Å². The molecule has 0 amide bonds. The van der Waals surface area contributed by atoms with E-state index in [0.717, 1.165) is 25.0 Å². The Hall–Kier alpha value is -0.913. The highest BCUT2D eigenvalue weighted by Gasteiger charge is 2.36. The highest BCUT2D eigenvalue weighted by molar-refractivity contribution is 6.74. The van der Waals surface area contributed by atoms with Gasteiger partial charge in [-0.3, -0.25) is 4.68 Å². The standard InChI is InChI=1S/C15H24ClN3OSi/c1-15(2,3)21(4,5)20-10-6-9-19-11-12-7-8-13(16)17-14(12)18-19/h7-8,11H,6,9-10H2,1-5H3. The summed E-state index contributed by atoms with van der Waals surface area (Å²) >= 11 is 5.87. The van der Waals surface area contributed by atoms with Gasteiger partial charge in [0.25, 0.3) is 0 Å². The van der Waals surface area contributed by atoms with Gasteiger partial charge >= 0.3 is 0 Å². The van der Waals surface area contributed by atoms with Gasteiger partial charge in [0, 0.05) is 24.7 Å². The number of hydrogen-bond donors (Lipinski definition) is 0. The smallest absolute Gasteiger partial charge is 0.191 e. The zero-order valence-corrected chi connectivity index (χ0v) is 15.2. The number of fused-ring (bicyclic) bond motifs is 1. The highest BCUT2D eigenvalue weighted by Crippen LogP contribution is 2.36. The lowest BCUT2D eigenvalue weighted by molar-refractivity contribution is 0.273. The normalized spacial score (nSPS) is 13.0. The van der Waals surface area contributed by atoms with E-state index in [2.05, 4.69) is 43.9 Å². The van der Waals surface area contributed by atoms with Crippen molar-refractivity contribution >= 4 is 31.0 Å². The van der Waals surface area contributed by atoms with Crippen LogP contribution in [0.3, 0.4) is 0 Å². The van der Waals surface area contributed by atoms with E-state index in [9.17, 15) is 0 Å². The molecule has 0 aromatic carbocycles. The molecule has 0 spiro atoms. The maximum Gasteiger partial charge on any atom is 0.191 e. The third-order valence-electron chi connectivity index (χ3n) is 4.18. The molecule has 0 fully saturated rings. The number of nitrogens with zero attached hydrogens (tertiary/aromatic N) is 3. The van der Waals surface area contributed by atoms with E-state index in [1.807, 2.05) is 16.9 Å². The lowest BCUT2D eigenvalue weighted by Gasteiger charge is -2.36. The monoisotopic (exact) mass is 325 g/mol. The van der Waals surface area contributed by atoms with Crippen LogP contribution in [0.4, 0.5) is 0 Å². The number of aryl methyl sites for hydroxylation is 1. The van der Waals surface area contributed by atoms with Gasteiger partial charge in [0.1, 0.15) is 5.15 Å². The van der Waals surface area contributed by atoms with Crippen LogP contribution >= 0.6 is 11.6 Å². The molecule has 2 rings (SSSR count). The van der Waals surface area contributed by atoms with Crippen molar-refractivity contribution in [2.75, 3.05) is 6.61 Å². The quantitative estimate of drug-likeness (QED) is 0.461. The molecular weight excluding hydrogens is 302 g/mol. The van der Waals surface area contributed by atoms with Crippen LogP contribution in [0.5, 0.6) is 0 Å². The van der Waals surface area contributed by atoms with Crippen molar-refractivity contribution in [2.45, 2.75) is 51.9 Å². The Morgan fingerprint density at radius 2 is 2.00 bits per heavy atom. The number of halogens is 1. The van der Waals surface area contributed by atoms with Crippen LogP contribution in [-0.2, 0) is 11.0 Å². The minimum Gasteiger partial charge on any atom is -0.417 e. The van der Waals surface area contributed by atoms with E-state index in [0.29, 0.717) is 10.8 Å². The van der Waals surface area contributed by atoms with E-state index in [1.54, 1.807) is 6.07 Å². The third kappa shape index (κ3) is 4.05. The Balaban J connectivity index is 1.88. The van der Waals surface area contributed by atoms with Crippen LogP contribution in [0, 0.1) is 0 Å². The molecular formula is C15H24ClN3OSi. The molecule has 0 saturated heterocycles. The summed E-state index contributed by atoms with van der Waals surface area (Å²) in [6.45, 7) is 12.9. The van der Waals surface area contributed by atoms with Gasteiger partial charge in [0.15, 0.2) is 14.0 Å². The second kappa shape index (κ2) is 6.06. The minimum absolute atomic E-state index is 0.258. The van der Waals surface area contributed by atoms with Crippen molar-refractivity contribution in [3.63, 3.8) is 0 Å². The predicted molar refractivity (Wildman–Crippen MR) is 90.3 cm³/mol. The van der Waals surface area contributed by atoms with Crippen molar-refractivity contribution < 1.29 is 4.43 Å². The van der Waals surface area contributed by atoms with E-state index in [4.69, 9.17) is 16.0 Å². The Morgan fingerprint density at radius 1 is 1.29 bits per heavy atom. The summed E-state index contributed by atoms with van der Waals surface area (Å²) in [6, 6.07) is 3.73. The summed E-state index contributed by atoms with van der Waals surface area (Å²) in [4.78, 5) is 4.21. The van der Waals surface area contributed by atoms with Gasteiger partial charge < -0.3 is 4.43 Å². The summed E-state index contributed by atoms with van der Waals surface area (Å²) in [6.07, 6.45) is 2.96. The molecule has 0 aliphatic heterocycles. The fraction of sp³-hybridized carbons (Fsp3) is 0.600. The van der Waals surface area contributed by atoms with Crippen molar-refractivity contribution in [3.05, 3.63) is 23.5 Å². The molecule has 4 nitrogen and oxygen atoms in total. The topological polar surface area (TPSA) is 39.9 Å². The molecule has 0 aliphatic carbocycles. The fourth-order valence-corrected chi connectivity index (χ4v) is 3.04. The van der Waals surface area contributed by atoms with Crippen molar-refractivity contribution in [1.29, 1.82) is 0 Å². The van der Waals surface area contributed by atoms with Crippen LogP contribution in [0.15, 0.2) is 18.3 Å². The molecule has 0 N–H and O–H groups in total. The molecule has 0 atom stereocenters. The number of aromatic nitrogens is 3. The van der Waals surface area contributed by atoms with Gasteiger partial charge in [0.05, 0.1) is 0 Å². The van der Waals surface area contributed by atoms with Gasteiger partial charge in [0.2, 0.25) is 0 Å². The summed E-state index contributed by atoms with van der Waals surface area (Å²) < 4.78 is 8.09. The lowest BCUT2D eigenvalue weighted by atomic mass is 10.2. The van der Waals surface area contributed by atoms with E-state index in [-0.39, 0.29) is 5.04 Å². The largest absolute Gasteiger partial charge is 0.417 e. The summed E-state index contributed by atoms with van der Waals surface area (Å²) in [5, 5.41) is 6.19. The molecule has 0 bridgehead atoms. The maximum atomic E-state index is 6.17. The molecule has 0 aliphatic rings. The SMILES string of the molecule is CC(C)(C)[Si](C)(C)OCCCn1cc2ccc(Cl)nc2n1. The van der Waals surface area contributed by atoms with Crippen LogP contribution in [0.2, 0.25) is 23.3 Å². The first-order chi connectivity index (χ1) is 9.69. The first-order valence-corrected chi connectivity index (χ1v) is 10.6. The van der Waals surface area contributed by atoms with Crippen molar-refractivity contribution in [1.82, 2.24) is 14.8 Å². The van der Waals surface area contributed by atoms with E-state index < -0.39 is 8.32 Å². The Bertz CT molecular complexity index is 619. The average Bonchev–Trinajstić information content (AvgIpc) is 2.75. The molecule has 6 heteroatoms. The minimum atomic E-state index is -1.64. The first-order valence-electron chi connectivity index (χ1n) is 7.33. The molecule has 21 heavy (non-hydrogen) atoms. The van der Waals surface area contributed by atoms with Crippen LogP contribution in [-0.4, -0.2) is 29.7 Å². The third-order valence-corrected chi connectivity index (χ3v) is 8.93. The second-order valence-corrected chi connectivity index (χ2v) is 12.1. The lowest BCUT2D eigenvalue weighted by Crippen LogP contribution is -2.41. The Labute approximate surface area is 132 Å². The summed E-state index contributed by atoms with van der Waals surface area (Å²) in [7, 11) is -1.64. The molecule has 0 unspecified atom stereocenters. The van der Waals surface area contributed by atoms with E-state index >= 15 is 0 Å². The number of pyridine rings is 1. The number of hydrogen-bond acceptors (Lipinski definition) is 3. The van der Waals surface area contributed by atoms with Crippen molar-refractivity contribution in [2.24, 2.45) is 0 Å². The highest BCUT2D eigenvalue weighted by atomic mass is 35.5. The molecule has 2 heterocycles. The second-order valence-electron chi connectivity index (χ2n) is 6.90. The van der Waals surface area contributed by atoms with Crippen molar-refractivity contribution in [3.8, 4) is 0 Å². The van der Waals surface area contributed by atoms with E-state index in [1.165, 1.54) is 0 Å². The summed E-state index contributed by atoms with van der Waals surface area (Å²) in [5.41, 5.74) is 0.702. The zero-order chi connectivity index (χ0) is 15.7.